The van der Waals surface area contributed by atoms with Crippen molar-refractivity contribution < 1.29 is 9.90 Å². The molecule has 1 aromatic heterocycles. The highest BCUT2D eigenvalue weighted by Gasteiger charge is 2.19. The van der Waals surface area contributed by atoms with Gasteiger partial charge in [0.2, 0.25) is 0 Å². The van der Waals surface area contributed by atoms with Gasteiger partial charge in [-0.25, -0.2) is 10.8 Å². The highest BCUT2D eigenvalue weighted by atomic mass is 16.3. The first kappa shape index (κ1) is 13.9. The van der Waals surface area contributed by atoms with Gasteiger partial charge < -0.3 is 5.11 Å². The molecule has 0 saturated carbocycles. The van der Waals surface area contributed by atoms with Crippen molar-refractivity contribution in [2.24, 2.45) is 11.8 Å². The molecule has 1 fully saturated rings. The summed E-state index contributed by atoms with van der Waals surface area (Å²) in [6.07, 6.45) is 2.17. The molecule has 0 aliphatic carbocycles. The molecule has 0 bridgehead atoms. The molecule has 0 aromatic carbocycles. The lowest BCUT2D eigenvalue weighted by Gasteiger charge is -2.31. The van der Waals surface area contributed by atoms with Crippen LogP contribution in [0, 0.1) is 5.92 Å². The number of aliphatic hydroxyl groups is 1. The maximum atomic E-state index is 11.4. The number of nitrogens with two attached hydrogens (primary N) is 1. The zero-order valence-electron chi connectivity index (χ0n) is 10.9. The molecule has 19 heavy (non-hydrogen) atoms. The van der Waals surface area contributed by atoms with E-state index in [1.165, 1.54) is 0 Å². The van der Waals surface area contributed by atoms with Crippen molar-refractivity contribution in [1.29, 1.82) is 0 Å². The number of aromatic nitrogens is 1. The molecular weight excluding hydrogens is 244 g/mol. The molecule has 1 aliphatic heterocycles. The van der Waals surface area contributed by atoms with Crippen molar-refractivity contribution >= 4 is 5.91 Å². The van der Waals surface area contributed by atoms with Crippen LogP contribution in [0.25, 0.3) is 0 Å². The summed E-state index contributed by atoms with van der Waals surface area (Å²) in [5.41, 5.74) is 3.26. The molecule has 1 aromatic rings. The maximum Gasteiger partial charge on any atom is 0.283 e. The summed E-state index contributed by atoms with van der Waals surface area (Å²) in [7, 11) is 0. The zero-order valence-corrected chi connectivity index (χ0v) is 10.9. The fourth-order valence-corrected chi connectivity index (χ4v) is 2.44. The Kier molecular flexibility index (Phi) is 4.84. The maximum absolute atomic E-state index is 11.4. The molecule has 104 valence electrons. The first-order valence-electron chi connectivity index (χ1n) is 6.53. The quantitative estimate of drug-likeness (QED) is 0.401. The number of hydrogen-bond donors (Lipinski definition) is 3. The first-order valence-corrected chi connectivity index (χ1v) is 6.53. The Morgan fingerprint density at radius 1 is 1.58 bits per heavy atom. The third-order valence-electron chi connectivity index (χ3n) is 3.42. The predicted octanol–water partition coefficient (Wildman–Crippen LogP) is -0.111. The van der Waals surface area contributed by atoms with E-state index in [9.17, 15) is 9.90 Å². The monoisotopic (exact) mass is 264 g/mol. The average Bonchev–Trinajstić information content (AvgIpc) is 2.47. The minimum absolute atomic E-state index is 0.236. The van der Waals surface area contributed by atoms with Crippen LogP contribution in [0.1, 0.15) is 29.0 Å². The first-order chi connectivity index (χ1) is 9.22. The van der Waals surface area contributed by atoms with Gasteiger partial charge in [-0.15, -0.1) is 0 Å². The van der Waals surface area contributed by atoms with Crippen molar-refractivity contribution in [3.63, 3.8) is 0 Å². The van der Waals surface area contributed by atoms with Gasteiger partial charge in [0, 0.05) is 19.7 Å². The lowest BCUT2D eigenvalue weighted by atomic mass is 9.99. The highest BCUT2D eigenvalue weighted by Crippen LogP contribution is 2.17. The molecule has 4 N–H and O–H groups in total. The average molecular weight is 264 g/mol. The number of pyridine rings is 1. The summed E-state index contributed by atoms with van der Waals surface area (Å²) in [6, 6.07) is 5.34. The number of amides is 1. The molecular formula is C13H20N4O2. The Morgan fingerprint density at radius 2 is 2.42 bits per heavy atom. The van der Waals surface area contributed by atoms with Gasteiger partial charge >= 0.3 is 0 Å². The SMILES string of the molecule is NNC(=O)c1cccc(CN2CCCC(CO)C2)n1. The number of piperidine rings is 1. The van der Waals surface area contributed by atoms with Gasteiger partial charge in [-0.1, -0.05) is 6.07 Å². The number of hydrogen-bond acceptors (Lipinski definition) is 5. The summed E-state index contributed by atoms with van der Waals surface area (Å²) in [4.78, 5) is 18.0. The van der Waals surface area contributed by atoms with Gasteiger partial charge in [0.25, 0.3) is 5.91 Å². The van der Waals surface area contributed by atoms with Crippen LogP contribution in [-0.4, -0.2) is 40.6 Å². The second-order valence-electron chi connectivity index (χ2n) is 4.91. The number of carbonyl (C=O) groups is 1. The Labute approximate surface area is 112 Å². The van der Waals surface area contributed by atoms with Gasteiger partial charge in [0.1, 0.15) is 5.69 Å². The molecule has 2 rings (SSSR count). The van der Waals surface area contributed by atoms with E-state index in [4.69, 9.17) is 5.84 Å². The Hall–Kier alpha value is -1.50. The number of nitrogen functional groups attached to an aromatic ring is 1. The predicted molar refractivity (Wildman–Crippen MR) is 71.0 cm³/mol. The zero-order chi connectivity index (χ0) is 13.7. The molecule has 6 heteroatoms. The summed E-state index contributed by atoms with van der Waals surface area (Å²) in [6.45, 7) is 2.82. The fraction of sp³-hybridized carbons (Fsp3) is 0.538. The second-order valence-corrected chi connectivity index (χ2v) is 4.91. The molecule has 0 spiro atoms. The Bertz CT molecular complexity index is 438. The van der Waals surface area contributed by atoms with E-state index in [0.29, 0.717) is 18.2 Å². The minimum Gasteiger partial charge on any atom is -0.396 e. The molecule has 1 unspecified atom stereocenters. The number of rotatable bonds is 4. The van der Waals surface area contributed by atoms with E-state index >= 15 is 0 Å². The number of aliphatic hydroxyl groups excluding tert-OH is 1. The topological polar surface area (TPSA) is 91.5 Å². The molecule has 1 aliphatic rings. The summed E-state index contributed by atoms with van der Waals surface area (Å²) in [5.74, 6) is 5.07. The molecule has 6 nitrogen and oxygen atoms in total. The van der Waals surface area contributed by atoms with Gasteiger partial charge in [-0.2, -0.15) is 0 Å². The van der Waals surface area contributed by atoms with Crippen LogP contribution < -0.4 is 11.3 Å². The van der Waals surface area contributed by atoms with Gasteiger partial charge in [-0.05, 0) is 37.4 Å². The summed E-state index contributed by atoms with van der Waals surface area (Å²) in [5, 5.41) is 9.21. The van der Waals surface area contributed by atoms with Crippen LogP contribution in [0.2, 0.25) is 0 Å². The third-order valence-corrected chi connectivity index (χ3v) is 3.42. The lowest BCUT2D eigenvalue weighted by Crippen LogP contribution is -2.36. The Morgan fingerprint density at radius 3 is 3.16 bits per heavy atom. The largest absolute Gasteiger partial charge is 0.396 e. The van der Waals surface area contributed by atoms with Gasteiger partial charge in [0.05, 0.1) is 5.69 Å². The second kappa shape index (κ2) is 6.60. The highest BCUT2D eigenvalue weighted by molar-refractivity contribution is 5.91. The number of likely N-dealkylation sites (tertiary alicyclic amines) is 1. The number of carbonyl (C=O) groups excluding carboxylic acids is 1. The van der Waals surface area contributed by atoms with E-state index in [2.05, 4.69) is 15.3 Å². The molecule has 1 atom stereocenters. The van der Waals surface area contributed by atoms with Crippen molar-refractivity contribution in [3.8, 4) is 0 Å². The number of nitrogens with zero attached hydrogens (tertiary/aromatic N) is 2. The van der Waals surface area contributed by atoms with E-state index in [1.54, 1.807) is 12.1 Å². The molecule has 1 amide bonds. The number of nitrogens with one attached hydrogen (secondary N) is 1. The van der Waals surface area contributed by atoms with Crippen molar-refractivity contribution in [3.05, 3.63) is 29.6 Å². The summed E-state index contributed by atoms with van der Waals surface area (Å²) >= 11 is 0. The standard InChI is InChI=1S/C13H20N4O2/c14-16-13(19)12-5-1-4-11(15-12)8-17-6-2-3-10(7-17)9-18/h1,4-5,10,18H,2-3,6-9,14H2,(H,16,19). The smallest absolute Gasteiger partial charge is 0.283 e. The molecule has 1 saturated heterocycles. The minimum atomic E-state index is -0.381. The third kappa shape index (κ3) is 3.73. The van der Waals surface area contributed by atoms with Crippen molar-refractivity contribution in [1.82, 2.24) is 15.3 Å². The van der Waals surface area contributed by atoms with Crippen molar-refractivity contribution in [2.75, 3.05) is 19.7 Å². The lowest BCUT2D eigenvalue weighted by molar-refractivity contribution is 0.0947. The van der Waals surface area contributed by atoms with E-state index < -0.39 is 0 Å². The van der Waals surface area contributed by atoms with Gasteiger partial charge in [0.15, 0.2) is 0 Å². The van der Waals surface area contributed by atoms with Crippen LogP contribution in [0.3, 0.4) is 0 Å². The molecule has 0 radical (unpaired) electrons. The van der Waals surface area contributed by atoms with Crippen LogP contribution >= 0.6 is 0 Å². The van der Waals surface area contributed by atoms with E-state index in [0.717, 1.165) is 31.6 Å². The van der Waals surface area contributed by atoms with Crippen LogP contribution in [-0.2, 0) is 6.54 Å². The fourth-order valence-electron chi connectivity index (χ4n) is 2.44. The summed E-state index contributed by atoms with van der Waals surface area (Å²) < 4.78 is 0. The normalized spacial score (nSPS) is 20.2. The van der Waals surface area contributed by atoms with E-state index in [-0.39, 0.29) is 12.5 Å². The number of hydrazine groups is 1. The van der Waals surface area contributed by atoms with Crippen molar-refractivity contribution in [2.45, 2.75) is 19.4 Å². The van der Waals surface area contributed by atoms with Crippen LogP contribution in [0.5, 0.6) is 0 Å². The van der Waals surface area contributed by atoms with Crippen LogP contribution in [0.15, 0.2) is 18.2 Å². The molecule has 2 heterocycles. The Balaban J connectivity index is 2.00. The van der Waals surface area contributed by atoms with E-state index in [1.807, 2.05) is 6.07 Å². The van der Waals surface area contributed by atoms with Crippen LogP contribution in [0.4, 0.5) is 0 Å². The van der Waals surface area contributed by atoms with Gasteiger partial charge in [-0.3, -0.25) is 15.1 Å².